The standard InChI is InChI=1S/C21H21NO/c23-21(15-22-12-4-1-5-13-22)18-10-11-20-17(14-18)9-8-16-6-2-3-7-19(16)20/h2-3,6-11,14H,1,4-5,12-13,15H2. The molecule has 0 saturated carbocycles. The Morgan fingerprint density at radius 1 is 0.826 bits per heavy atom. The molecule has 116 valence electrons. The van der Waals surface area contributed by atoms with Crippen molar-refractivity contribution in [3.05, 3.63) is 60.2 Å². The molecule has 0 aliphatic carbocycles. The number of benzene rings is 3. The van der Waals surface area contributed by atoms with Gasteiger partial charge in [0.1, 0.15) is 0 Å². The maximum absolute atomic E-state index is 12.6. The van der Waals surface area contributed by atoms with Crippen LogP contribution >= 0.6 is 0 Å². The van der Waals surface area contributed by atoms with Crippen LogP contribution < -0.4 is 0 Å². The SMILES string of the molecule is O=C(CN1CCCCC1)c1ccc2c(ccc3ccccc32)c1. The lowest BCUT2D eigenvalue weighted by atomic mass is 9.98. The molecule has 1 saturated heterocycles. The lowest BCUT2D eigenvalue weighted by molar-refractivity contribution is 0.0916. The topological polar surface area (TPSA) is 20.3 Å². The highest BCUT2D eigenvalue weighted by molar-refractivity contribution is 6.10. The van der Waals surface area contributed by atoms with Gasteiger partial charge in [-0.1, -0.05) is 55.0 Å². The third-order valence-corrected chi connectivity index (χ3v) is 4.88. The molecule has 4 rings (SSSR count). The Kier molecular flexibility index (Phi) is 3.84. The van der Waals surface area contributed by atoms with E-state index in [1.54, 1.807) is 0 Å². The highest BCUT2D eigenvalue weighted by Gasteiger charge is 2.15. The Morgan fingerprint density at radius 2 is 1.57 bits per heavy atom. The van der Waals surface area contributed by atoms with Crippen molar-refractivity contribution in [1.29, 1.82) is 0 Å². The molecule has 0 radical (unpaired) electrons. The molecule has 23 heavy (non-hydrogen) atoms. The average molecular weight is 303 g/mol. The number of nitrogens with zero attached hydrogens (tertiary/aromatic N) is 1. The minimum atomic E-state index is 0.238. The van der Waals surface area contributed by atoms with Crippen molar-refractivity contribution in [2.75, 3.05) is 19.6 Å². The second kappa shape index (κ2) is 6.13. The normalized spacial score (nSPS) is 16.0. The smallest absolute Gasteiger partial charge is 0.176 e. The van der Waals surface area contributed by atoms with Gasteiger partial charge in [-0.25, -0.2) is 0 Å². The van der Waals surface area contributed by atoms with E-state index in [9.17, 15) is 4.79 Å². The Hall–Kier alpha value is -2.19. The summed E-state index contributed by atoms with van der Waals surface area (Å²) in [6, 6.07) is 18.8. The van der Waals surface area contributed by atoms with Crippen molar-refractivity contribution in [2.24, 2.45) is 0 Å². The second-order valence-corrected chi connectivity index (χ2v) is 6.48. The van der Waals surface area contributed by atoms with E-state index >= 15 is 0 Å². The first-order valence-electron chi connectivity index (χ1n) is 8.48. The van der Waals surface area contributed by atoms with Crippen molar-refractivity contribution in [2.45, 2.75) is 19.3 Å². The Morgan fingerprint density at radius 3 is 2.43 bits per heavy atom. The molecule has 0 amide bonds. The Bertz CT molecular complexity index is 862. The molecule has 0 N–H and O–H groups in total. The molecule has 1 aliphatic rings. The summed E-state index contributed by atoms with van der Waals surface area (Å²) in [7, 11) is 0. The van der Waals surface area contributed by atoms with Gasteiger partial charge in [-0.2, -0.15) is 0 Å². The van der Waals surface area contributed by atoms with Gasteiger partial charge in [0.15, 0.2) is 5.78 Å². The van der Waals surface area contributed by atoms with E-state index in [0.29, 0.717) is 6.54 Å². The van der Waals surface area contributed by atoms with Crippen LogP contribution in [0.1, 0.15) is 29.6 Å². The third-order valence-electron chi connectivity index (χ3n) is 4.88. The summed E-state index contributed by atoms with van der Waals surface area (Å²) in [5, 5.41) is 4.86. The fourth-order valence-electron chi connectivity index (χ4n) is 3.60. The summed E-state index contributed by atoms with van der Waals surface area (Å²) in [6.45, 7) is 2.67. The zero-order valence-electron chi connectivity index (χ0n) is 13.3. The van der Waals surface area contributed by atoms with Crippen molar-refractivity contribution >= 4 is 27.3 Å². The number of hydrogen-bond donors (Lipinski definition) is 0. The predicted molar refractivity (Wildman–Crippen MR) is 96.1 cm³/mol. The van der Waals surface area contributed by atoms with Gasteiger partial charge in [0, 0.05) is 5.56 Å². The van der Waals surface area contributed by atoms with Crippen LogP contribution in [0.15, 0.2) is 54.6 Å². The molecular formula is C21H21NO. The molecule has 0 aromatic heterocycles. The highest BCUT2D eigenvalue weighted by atomic mass is 16.1. The van der Waals surface area contributed by atoms with E-state index in [4.69, 9.17) is 0 Å². The summed E-state index contributed by atoms with van der Waals surface area (Å²) in [5.41, 5.74) is 0.832. The molecule has 0 unspecified atom stereocenters. The van der Waals surface area contributed by atoms with E-state index in [2.05, 4.69) is 47.4 Å². The van der Waals surface area contributed by atoms with Crippen LogP contribution in [-0.4, -0.2) is 30.3 Å². The van der Waals surface area contributed by atoms with Gasteiger partial charge in [-0.05, 0) is 53.5 Å². The van der Waals surface area contributed by atoms with Crippen LogP contribution in [0.3, 0.4) is 0 Å². The van der Waals surface area contributed by atoms with E-state index in [0.717, 1.165) is 24.0 Å². The summed E-state index contributed by atoms with van der Waals surface area (Å²) in [6.07, 6.45) is 3.74. The van der Waals surface area contributed by atoms with Gasteiger partial charge in [0.2, 0.25) is 0 Å². The van der Waals surface area contributed by atoms with E-state index in [1.165, 1.54) is 35.4 Å². The number of likely N-dealkylation sites (tertiary alicyclic amines) is 1. The number of hydrogen-bond acceptors (Lipinski definition) is 2. The van der Waals surface area contributed by atoms with E-state index in [1.807, 2.05) is 12.1 Å². The second-order valence-electron chi connectivity index (χ2n) is 6.48. The lowest BCUT2D eigenvalue weighted by Crippen LogP contribution is -2.34. The van der Waals surface area contributed by atoms with E-state index in [-0.39, 0.29) is 5.78 Å². The summed E-state index contributed by atoms with van der Waals surface area (Å²) >= 11 is 0. The first kappa shape index (κ1) is 14.4. The van der Waals surface area contributed by atoms with Crippen LogP contribution in [0.5, 0.6) is 0 Å². The lowest BCUT2D eigenvalue weighted by Gasteiger charge is -2.25. The minimum absolute atomic E-state index is 0.238. The molecule has 1 fully saturated rings. The Labute approximate surface area is 136 Å². The largest absolute Gasteiger partial charge is 0.296 e. The number of carbonyl (C=O) groups is 1. The summed E-state index contributed by atoms with van der Waals surface area (Å²) < 4.78 is 0. The first-order valence-corrected chi connectivity index (χ1v) is 8.48. The quantitative estimate of drug-likeness (QED) is 0.518. The van der Waals surface area contributed by atoms with Crippen LogP contribution in [0.2, 0.25) is 0 Å². The van der Waals surface area contributed by atoms with Gasteiger partial charge in [0.05, 0.1) is 6.54 Å². The van der Waals surface area contributed by atoms with E-state index < -0.39 is 0 Å². The molecule has 3 aromatic rings. The molecule has 2 heteroatoms. The molecule has 1 aliphatic heterocycles. The van der Waals surface area contributed by atoms with Gasteiger partial charge in [0.25, 0.3) is 0 Å². The highest BCUT2D eigenvalue weighted by Crippen LogP contribution is 2.26. The molecule has 3 aromatic carbocycles. The fourth-order valence-corrected chi connectivity index (χ4v) is 3.60. The van der Waals surface area contributed by atoms with Crippen molar-refractivity contribution in [3.8, 4) is 0 Å². The number of rotatable bonds is 3. The van der Waals surface area contributed by atoms with Crippen LogP contribution in [0.25, 0.3) is 21.5 Å². The molecule has 0 bridgehead atoms. The fraction of sp³-hybridized carbons (Fsp3) is 0.286. The maximum Gasteiger partial charge on any atom is 0.176 e. The average Bonchev–Trinajstić information content (AvgIpc) is 2.62. The zero-order chi connectivity index (χ0) is 15.6. The van der Waals surface area contributed by atoms with Crippen molar-refractivity contribution in [3.63, 3.8) is 0 Å². The first-order chi connectivity index (χ1) is 11.3. The molecule has 1 heterocycles. The number of ketones is 1. The third kappa shape index (κ3) is 2.87. The number of carbonyl (C=O) groups excluding carboxylic acids is 1. The predicted octanol–water partition coefficient (Wildman–Crippen LogP) is 4.66. The summed E-state index contributed by atoms with van der Waals surface area (Å²) in [4.78, 5) is 14.9. The van der Waals surface area contributed by atoms with Gasteiger partial charge < -0.3 is 0 Å². The maximum atomic E-state index is 12.6. The molecule has 0 spiro atoms. The van der Waals surface area contributed by atoms with Crippen molar-refractivity contribution in [1.82, 2.24) is 4.90 Å². The van der Waals surface area contributed by atoms with Gasteiger partial charge in [-0.3, -0.25) is 9.69 Å². The molecule has 0 atom stereocenters. The molecule has 2 nitrogen and oxygen atoms in total. The van der Waals surface area contributed by atoms with Gasteiger partial charge >= 0.3 is 0 Å². The van der Waals surface area contributed by atoms with Crippen molar-refractivity contribution < 1.29 is 4.79 Å². The minimum Gasteiger partial charge on any atom is -0.296 e. The van der Waals surface area contributed by atoms with Crippen LogP contribution in [0.4, 0.5) is 0 Å². The number of piperidine rings is 1. The zero-order valence-corrected chi connectivity index (χ0v) is 13.3. The number of fused-ring (bicyclic) bond motifs is 3. The Balaban J connectivity index is 1.65. The van der Waals surface area contributed by atoms with Crippen LogP contribution in [-0.2, 0) is 0 Å². The number of Topliss-reactive ketones (excluding diaryl/α,β-unsaturated/α-hetero) is 1. The van der Waals surface area contributed by atoms with Crippen LogP contribution in [0, 0.1) is 0 Å². The monoisotopic (exact) mass is 303 g/mol. The van der Waals surface area contributed by atoms with Gasteiger partial charge in [-0.15, -0.1) is 0 Å². The summed E-state index contributed by atoms with van der Waals surface area (Å²) in [5.74, 6) is 0.238. The molecular weight excluding hydrogens is 282 g/mol.